The number of aromatic nitrogens is 1. The molecule has 0 saturated heterocycles. The van der Waals surface area contributed by atoms with E-state index in [2.05, 4.69) is 10.1 Å². The Bertz CT molecular complexity index is 1410. The summed E-state index contributed by atoms with van der Waals surface area (Å²) in [6, 6.07) is 16.3. The molecule has 0 amide bonds. The molecule has 4 aromatic rings. The van der Waals surface area contributed by atoms with Crippen LogP contribution in [0.15, 0.2) is 85.3 Å². The van der Waals surface area contributed by atoms with Gasteiger partial charge < -0.3 is 13.7 Å². The molecule has 3 heterocycles. The number of esters is 1. The van der Waals surface area contributed by atoms with Crippen LogP contribution in [0.3, 0.4) is 0 Å². The summed E-state index contributed by atoms with van der Waals surface area (Å²) < 4.78 is 16.2. The summed E-state index contributed by atoms with van der Waals surface area (Å²) in [6.45, 7) is 1.71. The number of carbonyl (C=O) groups is 1. The van der Waals surface area contributed by atoms with E-state index in [1.54, 1.807) is 31.2 Å². The molecule has 1 aliphatic heterocycles. The highest BCUT2D eigenvalue weighted by atomic mass is 16.6. The van der Waals surface area contributed by atoms with Crippen molar-refractivity contribution in [3.05, 3.63) is 93.7 Å². The van der Waals surface area contributed by atoms with Crippen LogP contribution in [-0.4, -0.2) is 17.0 Å². The van der Waals surface area contributed by atoms with Gasteiger partial charge in [0.05, 0.1) is 10.9 Å². The maximum absolute atomic E-state index is 12.7. The van der Waals surface area contributed by atoms with Gasteiger partial charge in [-0.2, -0.15) is 0 Å². The van der Waals surface area contributed by atoms with Crippen molar-refractivity contribution >= 4 is 28.9 Å². The van der Waals surface area contributed by atoms with E-state index in [1.807, 2.05) is 30.3 Å². The molecule has 2 aromatic heterocycles. The van der Waals surface area contributed by atoms with Gasteiger partial charge in [0.1, 0.15) is 28.9 Å². The predicted octanol–water partition coefficient (Wildman–Crippen LogP) is 4.10. The maximum Gasteiger partial charge on any atom is 0.363 e. The number of para-hydroxylation sites is 1. The number of aryl methyl sites for hydroxylation is 1. The third kappa shape index (κ3) is 2.93. The monoisotopic (exact) mass is 398 g/mol. The van der Waals surface area contributed by atoms with E-state index >= 15 is 0 Å². The quantitative estimate of drug-likeness (QED) is 0.381. The van der Waals surface area contributed by atoms with Gasteiger partial charge >= 0.3 is 5.97 Å². The molecule has 0 unspecified atom stereocenters. The predicted molar refractivity (Wildman–Crippen MR) is 110 cm³/mol. The largest absolute Gasteiger partial charge is 0.463 e. The zero-order valence-corrected chi connectivity index (χ0v) is 15.8. The Kier molecular flexibility index (Phi) is 4.14. The fourth-order valence-electron chi connectivity index (χ4n) is 3.27. The molecule has 5 rings (SSSR count). The number of nitrogens with zero attached hydrogens (tertiary/aromatic N) is 2. The van der Waals surface area contributed by atoms with Crippen molar-refractivity contribution in [3.8, 4) is 11.3 Å². The van der Waals surface area contributed by atoms with Crippen LogP contribution in [0.1, 0.15) is 16.9 Å². The van der Waals surface area contributed by atoms with E-state index in [4.69, 9.17) is 13.7 Å². The van der Waals surface area contributed by atoms with Crippen molar-refractivity contribution < 1.29 is 18.5 Å². The highest BCUT2D eigenvalue weighted by Gasteiger charge is 2.30. The Balaban J connectivity index is 1.59. The van der Waals surface area contributed by atoms with E-state index in [0.29, 0.717) is 28.0 Å². The fourth-order valence-corrected chi connectivity index (χ4v) is 3.27. The van der Waals surface area contributed by atoms with E-state index in [9.17, 15) is 9.59 Å². The number of benzene rings is 2. The van der Waals surface area contributed by atoms with Crippen molar-refractivity contribution in [2.45, 2.75) is 6.92 Å². The number of hydrogen-bond donors (Lipinski definition) is 0. The Morgan fingerprint density at radius 1 is 0.967 bits per heavy atom. The SMILES string of the molecule is Cc1onc(-c2ccccc2)c1C1=NC(=Cc2coc3ccccc3c2=O)C(=O)O1. The third-order valence-electron chi connectivity index (χ3n) is 4.74. The van der Waals surface area contributed by atoms with Crippen molar-refractivity contribution in [2.75, 3.05) is 0 Å². The van der Waals surface area contributed by atoms with Gasteiger partial charge in [-0.1, -0.05) is 47.6 Å². The topological polar surface area (TPSA) is 94.9 Å². The van der Waals surface area contributed by atoms with Crippen LogP contribution in [-0.2, 0) is 9.53 Å². The van der Waals surface area contributed by atoms with Gasteiger partial charge in [-0.15, -0.1) is 0 Å². The average molecular weight is 398 g/mol. The molecule has 0 bridgehead atoms. The first-order chi connectivity index (χ1) is 14.6. The lowest BCUT2D eigenvalue weighted by molar-refractivity contribution is -0.129. The summed E-state index contributed by atoms with van der Waals surface area (Å²) in [5.74, 6) is -0.127. The molecule has 0 fully saturated rings. The lowest BCUT2D eigenvalue weighted by Gasteiger charge is -2.01. The van der Waals surface area contributed by atoms with Gasteiger partial charge in [0.2, 0.25) is 5.90 Å². The Hall–Kier alpha value is -4.26. The van der Waals surface area contributed by atoms with Gasteiger partial charge in [-0.25, -0.2) is 9.79 Å². The van der Waals surface area contributed by atoms with Crippen molar-refractivity contribution in [3.63, 3.8) is 0 Å². The van der Waals surface area contributed by atoms with Gasteiger partial charge in [-0.3, -0.25) is 4.79 Å². The lowest BCUT2D eigenvalue weighted by Crippen LogP contribution is -2.08. The molecule has 0 N–H and O–H groups in total. The summed E-state index contributed by atoms with van der Waals surface area (Å²) in [7, 11) is 0. The minimum Gasteiger partial charge on any atom is -0.463 e. The second-order valence-electron chi connectivity index (χ2n) is 6.68. The molecule has 0 radical (unpaired) electrons. The Morgan fingerprint density at radius 3 is 2.57 bits per heavy atom. The number of fused-ring (bicyclic) bond motifs is 1. The molecule has 146 valence electrons. The molecule has 0 atom stereocenters. The number of rotatable bonds is 3. The van der Waals surface area contributed by atoms with Gasteiger partial charge in [-0.05, 0) is 25.1 Å². The van der Waals surface area contributed by atoms with E-state index in [0.717, 1.165) is 5.56 Å². The van der Waals surface area contributed by atoms with Gasteiger partial charge in [0, 0.05) is 5.56 Å². The van der Waals surface area contributed by atoms with Crippen LogP contribution < -0.4 is 5.43 Å². The smallest absolute Gasteiger partial charge is 0.363 e. The fraction of sp³-hybridized carbons (Fsp3) is 0.0435. The highest BCUT2D eigenvalue weighted by molar-refractivity contribution is 6.15. The second-order valence-corrected chi connectivity index (χ2v) is 6.68. The molecule has 0 spiro atoms. The third-order valence-corrected chi connectivity index (χ3v) is 4.74. The Morgan fingerprint density at radius 2 is 1.73 bits per heavy atom. The molecule has 7 heteroatoms. The average Bonchev–Trinajstić information content (AvgIpc) is 3.33. The highest BCUT2D eigenvalue weighted by Crippen LogP contribution is 2.29. The zero-order valence-electron chi connectivity index (χ0n) is 15.8. The lowest BCUT2D eigenvalue weighted by atomic mass is 10.1. The summed E-state index contributed by atoms with van der Waals surface area (Å²) >= 11 is 0. The molecule has 2 aromatic carbocycles. The number of cyclic esters (lactones) is 1. The van der Waals surface area contributed by atoms with Crippen molar-refractivity contribution in [1.82, 2.24) is 5.16 Å². The van der Waals surface area contributed by atoms with Crippen LogP contribution in [0, 0.1) is 6.92 Å². The van der Waals surface area contributed by atoms with Crippen molar-refractivity contribution in [1.29, 1.82) is 0 Å². The standard InChI is InChI=1S/C23H14N2O5/c1-13-19(20(25-30-13)14-7-3-2-4-8-14)22-24-17(23(27)29-22)11-15-12-28-18-10-6-5-9-16(18)21(15)26/h2-12H,1H3. The van der Waals surface area contributed by atoms with E-state index < -0.39 is 5.97 Å². The molecular weight excluding hydrogens is 384 g/mol. The molecule has 30 heavy (non-hydrogen) atoms. The number of carbonyl (C=O) groups excluding carboxylic acids is 1. The first-order valence-corrected chi connectivity index (χ1v) is 9.17. The number of ether oxygens (including phenoxy) is 1. The van der Waals surface area contributed by atoms with E-state index in [-0.39, 0.29) is 22.6 Å². The minimum atomic E-state index is -0.669. The summed E-state index contributed by atoms with van der Waals surface area (Å²) in [5.41, 5.74) is 2.22. The Labute approximate surface area is 169 Å². The van der Waals surface area contributed by atoms with Crippen LogP contribution in [0.2, 0.25) is 0 Å². The number of aliphatic imine (C=N–C) groups is 1. The molecule has 0 aliphatic carbocycles. The normalized spacial score (nSPS) is 14.9. The van der Waals surface area contributed by atoms with Gasteiger partial charge in [0.15, 0.2) is 11.1 Å². The first-order valence-electron chi connectivity index (χ1n) is 9.17. The summed E-state index contributed by atoms with van der Waals surface area (Å²) in [5, 5.41) is 4.50. The summed E-state index contributed by atoms with van der Waals surface area (Å²) in [6.07, 6.45) is 2.66. The van der Waals surface area contributed by atoms with Gasteiger partial charge in [0.25, 0.3) is 0 Å². The molecule has 7 nitrogen and oxygen atoms in total. The van der Waals surface area contributed by atoms with E-state index in [1.165, 1.54) is 12.3 Å². The molecular formula is C23H14N2O5. The molecule has 1 aliphatic rings. The van der Waals surface area contributed by atoms with Crippen LogP contribution >= 0.6 is 0 Å². The van der Waals surface area contributed by atoms with Crippen molar-refractivity contribution in [2.24, 2.45) is 4.99 Å². The van der Waals surface area contributed by atoms with Crippen LogP contribution in [0.25, 0.3) is 28.3 Å². The first kappa shape index (κ1) is 17.8. The maximum atomic E-state index is 12.7. The summed E-state index contributed by atoms with van der Waals surface area (Å²) in [4.78, 5) is 29.4. The second kappa shape index (κ2) is 6.97. The van der Waals surface area contributed by atoms with Crippen LogP contribution in [0.4, 0.5) is 0 Å². The zero-order chi connectivity index (χ0) is 20.7. The molecule has 0 saturated carbocycles. The minimum absolute atomic E-state index is 0.00723. The van der Waals surface area contributed by atoms with Crippen LogP contribution in [0.5, 0.6) is 0 Å². The number of hydrogen-bond acceptors (Lipinski definition) is 7.